The number of fused-ring (bicyclic) bond motifs is 1. The molecule has 110 valence electrons. The number of aromatic nitrogens is 1. The maximum Gasteiger partial charge on any atom is 0.340 e. The van der Waals surface area contributed by atoms with Crippen LogP contribution >= 0.6 is 11.6 Å². The van der Waals surface area contributed by atoms with Gasteiger partial charge in [0.1, 0.15) is 11.3 Å². The van der Waals surface area contributed by atoms with E-state index in [4.69, 9.17) is 16.3 Å². The van der Waals surface area contributed by atoms with Crippen molar-refractivity contribution in [2.24, 2.45) is 5.92 Å². The number of carbonyl (C=O) groups is 1. The second kappa shape index (κ2) is 6.02. The third-order valence-corrected chi connectivity index (χ3v) is 4.56. The van der Waals surface area contributed by atoms with Gasteiger partial charge in [-0.05, 0) is 25.2 Å². The van der Waals surface area contributed by atoms with E-state index in [1.165, 1.54) is 12.6 Å². The predicted molar refractivity (Wildman–Crippen MR) is 83.6 cm³/mol. The van der Waals surface area contributed by atoms with Crippen LogP contribution in [0.2, 0.25) is 5.15 Å². The average molecular weight is 304 g/mol. The van der Waals surface area contributed by atoms with Crippen molar-refractivity contribution in [1.82, 2.24) is 4.98 Å². The Kier molecular flexibility index (Phi) is 4.11. The zero-order chi connectivity index (χ0) is 14.8. The molecule has 0 saturated heterocycles. The fraction of sp³-hybridized carbons (Fsp3) is 0.412. The summed E-state index contributed by atoms with van der Waals surface area (Å²) in [5, 5.41) is 1.99. The second-order valence-electron chi connectivity index (χ2n) is 5.71. The van der Waals surface area contributed by atoms with E-state index in [0.29, 0.717) is 16.6 Å². The highest BCUT2D eigenvalue weighted by Crippen LogP contribution is 2.29. The van der Waals surface area contributed by atoms with Gasteiger partial charge in [-0.15, -0.1) is 0 Å². The van der Waals surface area contributed by atoms with Crippen LogP contribution in [0.4, 0.5) is 0 Å². The molecule has 0 spiro atoms. The molecule has 0 aliphatic heterocycles. The Morgan fingerprint density at radius 2 is 1.95 bits per heavy atom. The molecule has 1 fully saturated rings. The number of rotatable bonds is 2. The third-order valence-electron chi connectivity index (χ3n) is 4.26. The van der Waals surface area contributed by atoms with E-state index in [0.717, 1.165) is 30.0 Å². The van der Waals surface area contributed by atoms with E-state index >= 15 is 0 Å². The number of hydrogen-bond acceptors (Lipinski definition) is 3. The molecule has 0 bridgehead atoms. The number of ether oxygens (including phenoxy) is 1. The number of esters is 1. The van der Waals surface area contributed by atoms with Gasteiger partial charge in [-0.25, -0.2) is 9.78 Å². The Bertz CT molecular complexity index is 671. The molecule has 0 radical (unpaired) electrons. The minimum atomic E-state index is -0.297. The molecule has 1 aromatic heterocycles. The molecule has 4 heteroatoms. The van der Waals surface area contributed by atoms with E-state index in [9.17, 15) is 4.79 Å². The number of nitrogens with zero attached hydrogens (tertiary/aromatic N) is 1. The quantitative estimate of drug-likeness (QED) is 0.600. The van der Waals surface area contributed by atoms with Crippen molar-refractivity contribution in [3.05, 3.63) is 41.2 Å². The van der Waals surface area contributed by atoms with E-state index in [-0.39, 0.29) is 12.1 Å². The molecule has 1 aliphatic carbocycles. The van der Waals surface area contributed by atoms with Crippen LogP contribution in [-0.2, 0) is 4.74 Å². The van der Waals surface area contributed by atoms with Gasteiger partial charge in [-0.3, -0.25) is 0 Å². The van der Waals surface area contributed by atoms with Crippen LogP contribution in [-0.4, -0.2) is 17.1 Å². The number of halogens is 1. The number of benzene rings is 1. The predicted octanol–water partition coefficient (Wildman–Crippen LogP) is 4.62. The minimum absolute atomic E-state index is 0.0145. The van der Waals surface area contributed by atoms with Crippen molar-refractivity contribution in [3.8, 4) is 0 Å². The van der Waals surface area contributed by atoms with Crippen LogP contribution in [0.3, 0.4) is 0 Å². The first-order valence-corrected chi connectivity index (χ1v) is 7.79. The Hall–Kier alpha value is -1.61. The molecule has 2 atom stereocenters. The summed E-state index contributed by atoms with van der Waals surface area (Å²) in [6.07, 6.45) is 5.95. The fourth-order valence-electron chi connectivity index (χ4n) is 2.98. The lowest BCUT2D eigenvalue weighted by Gasteiger charge is -2.28. The van der Waals surface area contributed by atoms with Gasteiger partial charge in [0.25, 0.3) is 0 Å². The van der Waals surface area contributed by atoms with Crippen molar-refractivity contribution < 1.29 is 9.53 Å². The maximum atomic E-state index is 12.5. The van der Waals surface area contributed by atoms with Gasteiger partial charge >= 0.3 is 5.97 Å². The lowest BCUT2D eigenvalue weighted by Crippen LogP contribution is -2.28. The molecule has 2 aromatic rings. The topological polar surface area (TPSA) is 39.2 Å². The summed E-state index contributed by atoms with van der Waals surface area (Å²) in [6.45, 7) is 2.15. The molecule has 2 unspecified atom stereocenters. The summed E-state index contributed by atoms with van der Waals surface area (Å²) in [5.41, 5.74) is 0.493. The summed E-state index contributed by atoms with van der Waals surface area (Å²) in [6, 6.07) is 7.52. The highest BCUT2D eigenvalue weighted by atomic mass is 35.5. The first-order chi connectivity index (χ1) is 10.2. The van der Waals surface area contributed by atoms with E-state index in [1.807, 2.05) is 24.3 Å². The van der Waals surface area contributed by atoms with Gasteiger partial charge in [-0.2, -0.15) is 0 Å². The summed E-state index contributed by atoms with van der Waals surface area (Å²) in [5.74, 6) is 0.128. The third kappa shape index (κ3) is 2.88. The molecule has 3 rings (SSSR count). The van der Waals surface area contributed by atoms with Crippen LogP contribution < -0.4 is 0 Å². The average Bonchev–Trinajstić information content (AvgIpc) is 2.50. The van der Waals surface area contributed by atoms with Crippen molar-refractivity contribution >= 4 is 28.3 Å². The first kappa shape index (κ1) is 14.3. The standard InChI is InChI=1S/C17H18ClNO2/c1-11-6-2-5-9-15(11)21-17(20)14-10-19-16(18)13-8-4-3-7-12(13)14/h3-4,7-8,10-11,15H,2,5-6,9H2,1H3. The Labute approximate surface area is 129 Å². The fourth-order valence-corrected chi connectivity index (χ4v) is 3.19. The summed E-state index contributed by atoms with van der Waals surface area (Å²) < 4.78 is 5.72. The largest absolute Gasteiger partial charge is 0.458 e. The van der Waals surface area contributed by atoms with Crippen LogP contribution in [0.5, 0.6) is 0 Å². The second-order valence-corrected chi connectivity index (χ2v) is 6.07. The first-order valence-electron chi connectivity index (χ1n) is 7.41. The van der Waals surface area contributed by atoms with Crippen LogP contribution in [0.1, 0.15) is 43.0 Å². The van der Waals surface area contributed by atoms with Crippen molar-refractivity contribution in [2.45, 2.75) is 38.7 Å². The number of pyridine rings is 1. The van der Waals surface area contributed by atoms with E-state index in [2.05, 4.69) is 11.9 Å². The highest BCUT2D eigenvalue weighted by Gasteiger charge is 2.26. The summed E-state index contributed by atoms with van der Waals surface area (Å²) in [4.78, 5) is 16.6. The SMILES string of the molecule is CC1CCCCC1OC(=O)c1cnc(Cl)c2ccccc12. The number of hydrogen-bond donors (Lipinski definition) is 0. The van der Waals surface area contributed by atoms with Crippen molar-refractivity contribution in [1.29, 1.82) is 0 Å². The Balaban J connectivity index is 1.89. The summed E-state index contributed by atoms with van der Waals surface area (Å²) >= 11 is 6.09. The van der Waals surface area contributed by atoms with Gasteiger partial charge in [0.15, 0.2) is 0 Å². The lowest BCUT2D eigenvalue weighted by molar-refractivity contribution is 0.00499. The molecule has 21 heavy (non-hydrogen) atoms. The highest BCUT2D eigenvalue weighted by molar-refractivity contribution is 6.34. The molecule has 1 heterocycles. The monoisotopic (exact) mass is 303 g/mol. The molecule has 1 saturated carbocycles. The van der Waals surface area contributed by atoms with Gasteiger partial charge in [-0.1, -0.05) is 49.2 Å². The molecule has 1 aromatic carbocycles. The maximum absolute atomic E-state index is 12.5. The molecule has 0 N–H and O–H groups in total. The Morgan fingerprint density at radius 1 is 1.24 bits per heavy atom. The summed E-state index contributed by atoms with van der Waals surface area (Å²) in [7, 11) is 0. The molecular weight excluding hydrogens is 286 g/mol. The normalized spacial score (nSPS) is 22.2. The van der Waals surface area contributed by atoms with Gasteiger partial charge < -0.3 is 4.74 Å². The minimum Gasteiger partial charge on any atom is -0.458 e. The Morgan fingerprint density at radius 3 is 2.71 bits per heavy atom. The van der Waals surface area contributed by atoms with E-state index in [1.54, 1.807) is 0 Å². The zero-order valence-electron chi connectivity index (χ0n) is 12.0. The molecule has 3 nitrogen and oxygen atoms in total. The molecule has 1 aliphatic rings. The van der Waals surface area contributed by atoms with Gasteiger partial charge in [0.2, 0.25) is 0 Å². The zero-order valence-corrected chi connectivity index (χ0v) is 12.8. The van der Waals surface area contributed by atoms with Crippen LogP contribution in [0, 0.1) is 5.92 Å². The van der Waals surface area contributed by atoms with Crippen molar-refractivity contribution in [2.75, 3.05) is 0 Å². The van der Waals surface area contributed by atoms with Crippen LogP contribution in [0.15, 0.2) is 30.5 Å². The molecular formula is C17H18ClNO2. The van der Waals surface area contributed by atoms with Gasteiger partial charge in [0, 0.05) is 17.0 Å². The number of carbonyl (C=O) groups excluding carboxylic acids is 1. The smallest absolute Gasteiger partial charge is 0.340 e. The van der Waals surface area contributed by atoms with Gasteiger partial charge in [0.05, 0.1) is 5.56 Å². The van der Waals surface area contributed by atoms with E-state index < -0.39 is 0 Å². The van der Waals surface area contributed by atoms with Crippen LogP contribution in [0.25, 0.3) is 10.8 Å². The van der Waals surface area contributed by atoms with Crippen molar-refractivity contribution in [3.63, 3.8) is 0 Å². The molecule has 0 amide bonds. The lowest BCUT2D eigenvalue weighted by atomic mass is 9.88.